The Morgan fingerprint density at radius 2 is 0.885 bits per heavy atom. The summed E-state index contributed by atoms with van der Waals surface area (Å²) < 4.78 is 0. The number of fused-ring (bicyclic) bond motifs is 2. The minimum atomic E-state index is 1.09. The third kappa shape index (κ3) is 2.94. The van der Waals surface area contributed by atoms with Crippen molar-refractivity contribution in [3.8, 4) is 22.5 Å². The average molecular weight is 340 g/mol. The van der Waals surface area contributed by atoms with Crippen molar-refractivity contribution in [3.63, 3.8) is 0 Å². The molecule has 0 atom stereocenters. The van der Waals surface area contributed by atoms with Crippen LogP contribution in [0.2, 0.25) is 0 Å². The van der Waals surface area contributed by atoms with Crippen molar-refractivity contribution in [2.75, 3.05) is 0 Å². The van der Waals surface area contributed by atoms with E-state index in [9.17, 15) is 0 Å². The van der Waals surface area contributed by atoms with Gasteiger partial charge in [-0.05, 0) is 74.6 Å². The van der Waals surface area contributed by atoms with Crippen molar-refractivity contribution in [2.45, 2.75) is 51.4 Å². The number of aryl methyl sites for hydroxylation is 4. The second-order valence-electron chi connectivity index (χ2n) is 7.60. The number of nitrogens with zero attached hydrogens (tertiary/aromatic N) is 2. The number of hydrogen-bond donors (Lipinski definition) is 0. The highest BCUT2D eigenvalue weighted by Gasteiger charge is 2.13. The molecule has 26 heavy (non-hydrogen) atoms. The molecule has 2 aromatic heterocycles. The van der Waals surface area contributed by atoms with Gasteiger partial charge in [-0.1, -0.05) is 36.4 Å². The van der Waals surface area contributed by atoms with E-state index in [1.54, 1.807) is 0 Å². The van der Waals surface area contributed by atoms with Gasteiger partial charge in [0.1, 0.15) is 0 Å². The van der Waals surface area contributed by atoms with Crippen molar-refractivity contribution in [1.29, 1.82) is 0 Å². The molecule has 130 valence electrons. The smallest absolute Gasteiger partial charge is 0.0705 e. The molecule has 1 aromatic carbocycles. The Morgan fingerprint density at radius 3 is 1.35 bits per heavy atom. The lowest BCUT2D eigenvalue weighted by molar-refractivity contribution is 0.668. The molecule has 0 spiro atoms. The summed E-state index contributed by atoms with van der Waals surface area (Å²) in [6.45, 7) is 0. The molecular formula is C24H24N2. The second-order valence-corrected chi connectivity index (χ2v) is 7.60. The highest BCUT2D eigenvalue weighted by atomic mass is 14.7. The maximum atomic E-state index is 4.93. The lowest BCUT2D eigenvalue weighted by Crippen LogP contribution is -2.06. The lowest BCUT2D eigenvalue weighted by Gasteiger charge is -2.16. The summed E-state index contributed by atoms with van der Waals surface area (Å²) in [6.07, 6.45) is 9.77. The molecule has 2 heteroatoms. The SMILES string of the molecule is c1cc(-c2ccc3c(n2)CCCC3)ccc1-c1ccc2c(n1)CCCC2. The molecule has 0 unspecified atom stereocenters. The highest BCUT2D eigenvalue weighted by Crippen LogP contribution is 2.28. The van der Waals surface area contributed by atoms with E-state index in [0.29, 0.717) is 0 Å². The Balaban J connectivity index is 1.44. The van der Waals surface area contributed by atoms with Gasteiger partial charge in [0.2, 0.25) is 0 Å². The summed E-state index contributed by atoms with van der Waals surface area (Å²) in [5, 5.41) is 0. The Kier molecular flexibility index (Phi) is 4.05. The molecule has 0 saturated carbocycles. The van der Waals surface area contributed by atoms with Crippen LogP contribution in [0, 0.1) is 0 Å². The van der Waals surface area contributed by atoms with Crippen LogP contribution >= 0.6 is 0 Å². The van der Waals surface area contributed by atoms with Gasteiger partial charge in [-0.25, -0.2) is 0 Å². The summed E-state index contributed by atoms with van der Waals surface area (Å²) in [4.78, 5) is 9.86. The van der Waals surface area contributed by atoms with E-state index in [4.69, 9.17) is 9.97 Å². The lowest BCUT2D eigenvalue weighted by atomic mass is 9.94. The third-order valence-corrected chi connectivity index (χ3v) is 5.83. The summed E-state index contributed by atoms with van der Waals surface area (Å²) in [5.74, 6) is 0. The number of benzene rings is 1. The maximum absolute atomic E-state index is 4.93. The summed E-state index contributed by atoms with van der Waals surface area (Å²) in [5.41, 5.74) is 10.1. The zero-order chi connectivity index (χ0) is 17.3. The molecule has 0 fully saturated rings. The first-order valence-electron chi connectivity index (χ1n) is 9.95. The van der Waals surface area contributed by atoms with E-state index in [2.05, 4.69) is 48.5 Å². The minimum Gasteiger partial charge on any atom is -0.253 e. The van der Waals surface area contributed by atoms with Gasteiger partial charge in [0.25, 0.3) is 0 Å². The van der Waals surface area contributed by atoms with Gasteiger partial charge < -0.3 is 0 Å². The quantitative estimate of drug-likeness (QED) is 0.609. The topological polar surface area (TPSA) is 25.8 Å². The van der Waals surface area contributed by atoms with Crippen LogP contribution in [0.5, 0.6) is 0 Å². The first kappa shape index (κ1) is 15.7. The van der Waals surface area contributed by atoms with Crippen LogP contribution in [0.4, 0.5) is 0 Å². The fourth-order valence-electron chi connectivity index (χ4n) is 4.30. The normalized spacial score (nSPS) is 16.0. The number of pyridine rings is 2. The minimum absolute atomic E-state index is 1.09. The van der Waals surface area contributed by atoms with Gasteiger partial charge in [0.05, 0.1) is 11.4 Å². The van der Waals surface area contributed by atoms with Gasteiger partial charge in [0.15, 0.2) is 0 Å². The van der Waals surface area contributed by atoms with Gasteiger partial charge in [-0.2, -0.15) is 0 Å². The fraction of sp³-hybridized carbons (Fsp3) is 0.333. The molecular weight excluding hydrogens is 316 g/mol. The molecule has 0 bridgehead atoms. The van der Waals surface area contributed by atoms with Crippen molar-refractivity contribution >= 4 is 0 Å². The Morgan fingerprint density at radius 1 is 0.462 bits per heavy atom. The van der Waals surface area contributed by atoms with Gasteiger partial charge in [-0.3, -0.25) is 9.97 Å². The van der Waals surface area contributed by atoms with Crippen LogP contribution in [-0.2, 0) is 25.7 Å². The zero-order valence-electron chi connectivity index (χ0n) is 15.2. The second kappa shape index (κ2) is 6.68. The molecule has 3 aromatic rings. The van der Waals surface area contributed by atoms with Crippen LogP contribution in [0.3, 0.4) is 0 Å². The standard InChI is InChI=1S/C24H24N2/c1-3-7-21-17(5-1)13-15-23(25-21)19-9-11-20(12-10-19)24-16-14-18-6-2-4-8-22(18)26-24/h9-16H,1-8H2. The van der Waals surface area contributed by atoms with Crippen LogP contribution in [0.15, 0.2) is 48.5 Å². The molecule has 0 amide bonds. The van der Waals surface area contributed by atoms with E-state index in [-0.39, 0.29) is 0 Å². The first-order chi connectivity index (χ1) is 12.9. The molecule has 5 rings (SSSR count). The predicted octanol–water partition coefficient (Wildman–Crippen LogP) is 5.57. The van der Waals surface area contributed by atoms with E-state index in [0.717, 1.165) is 24.2 Å². The molecule has 0 aliphatic heterocycles. The van der Waals surface area contributed by atoms with Crippen LogP contribution in [-0.4, -0.2) is 9.97 Å². The monoisotopic (exact) mass is 340 g/mol. The summed E-state index contributed by atoms with van der Waals surface area (Å²) >= 11 is 0. The van der Waals surface area contributed by atoms with Crippen molar-refractivity contribution in [1.82, 2.24) is 9.97 Å². The zero-order valence-corrected chi connectivity index (χ0v) is 15.2. The number of rotatable bonds is 2. The molecule has 0 radical (unpaired) electrons. The van der Waals surface area contributed by atoms with Gasteiger partial charge >= 0.3 is 0 Å². The maximum Gasteiger partial charge on any atom is 0.0705 e. The summed E-state index contributed by atoms with van der Waals surface area (Å²) in [6, 6.07) is 17.7. The Bertz CT molecular complexity index is 862. The van der Waals surface area contributed by atoms with Gasteiger partial charge in [0, 0.05) is 22.5 Å². The predicted molar refractivity (Wildman–Crippen MR) is 106 cm³/mol. The van der Waals surface area contributed by atoms with Crippen LogP contribution in [0.1, 0.15) is 48.2 Å². The molecule has 2 heterocycles. The van der Waals surface area contributed by atoms with Crippen molar-refractivity contribution < 1.29 is 0 Å². The average Bonchev–Trinajstić information content (AvgIpc) is 2.73. The molecule has 0 saturated heterocycles. The van der Waals surface area contributed by atoms with Crippen LogP contribution in [0.25, 0.3) is 22.5 Å². The van der Waals surface area contributed by atoms with E-state index in [1.807, 2.05) is 0 Å². The first-order valence-corrected chi connectivity index (χ1v) is 9.95. The fourth-order valence-corrected chi connectivity index (χ4v) is 4.30. The number of hydrogen-bond acceptors (Lipinski definition) is 2. The molecule has 2 aliphatic carbocycles. The van der Waals surface area contributed by atoms with Gasteiger partial charge in [-0.15, -0.1) is 0 Å². The van der Waals surface area contributed by atoms with Crippen LogP contribution < -0.4 is 0 Å². The van der Waals surface area contributed by atoms with E-state index in [1.165, 1.54) is 72.2 Å². The Hall–Kier alpha value is -2.48. The Labute approximate surface area is 155 Å². The number of aromatic nitrogens is 2. The summed E-state index contributed by atoms with van der Waals surface area (Å²) in [7, 11) is 0. The third-order valence-electron chi connectivity index (χ3n) is 5.83. The largest absolute Gasteiger partial charge is 0.253 e. The molecule has 2 aliphatic rings. The van der Waals surface area contributed by atoms with Crippen molar-refractivity contribution in [3.05, 3.63) is 71.0 Å². The van der Waals surface area contributed by atoms with E-state index >= 15 is 0 Å². The highest BCUT2D eigenvalue weighted by molar-refractivity contribution is 5.67. The van der Waals surface area contributed by atoms with Crippen molar-refractivity contribution in [2.24, 2.45) is 0 Å². The van der Waals surface area contributed by atoms with E-state index < -0.39 is 0 Å². The molecule has 2 nitrogen and oxygen atoms in total. The molecule has 0 N–H and O–H groups in total.